The van der Waals surface area contributed by atoms with Gasteiger partial charge in [-0.15, -0.1) is 11.3 Å². The van der Waals surface area contributed by atoms with Crippen LogP contribution in [0, 0.1) is 0 Å². The van der Waals surface area contributed by atoms with E-state index in [2.05, 4.69) is 41.0 Å². The number of thiazole rings is 1. The SMILES string of the molecule is c1ccc(Cc2csc([C@@H]3CCCN3)n2)cc1. The maximum Gasteiger partial charge on any atom is 0.110 e. The third kappa shape index (κ3) is 2.56. The van der Waals surface area contributed by atoms with E-state index in [0.29, 0.717) is 6.04 Å². The Morgan fingerprint density at radius 3 is 2.94 bits per heavy atom. The van der Waals surface area contributed by atoms with E-state index < -0.39 is 0 Å². The summed E-state index contributed by atoms with van der Waals surface area (Å²) < 4.78 is 0. The van der Waals surface area contributed by atoms with Gasteiger partial charge in [0.05, 0.1) is 11.7 Å². The van der Waals surface area contributed by atoms with Crippen LogP contribution in [0.15, 0.2) is 35.7 Å². The van der Waals surface area contributed by atoms with Crippen molar-refractivity contribution in [2.24, 2.45) is 0 Å². The summed E-state index contributed by atoms with van der Waals surface area (Å²) in [6.07, 6.45) is 3.46. The van der Waals surface area contributed by atoms with E-state index in [1.54, 1.807) is 11.3 Å². The molecule has 3 rings (SSSR count). The molecule has 1 saturated heterocycles. The molecule has 0 unspecified atom stereocenters. The molecule has 1 atom stereocenters. The average Bonchev–Trinajstić information content (AvgIpc) is 3.00. The molecule has 0 amide bonds. The zero-order chi connectivity index (χ0) is 11.5. The topological polar surface area (TPSA) is 24.9 Å². The molecule has 1 aliphatic rings. The van der Waals surface area contributed by atoms with E-state index in [1.807, 2.05) is 0 Å². The van der Waals surface area contributed by atoms with Crippen LogP contribution in [0.5, 0.6) is 0 Å². The second kappa shape index (κ2) is 4.98. The second-order valence-electron chi connectivity index (χ2n) is 4.49. The predicted molar refractivity (Wildman–Crippen MR) is 71.3 cm³/mol. The maximum absolute atomic E-state index is 4.74. The van der Waals surface area contributed by atoms with Gasteiger partial charge >= 0.3 is 0 Å². The molecule has 88 valence electrons. The Morgan fingerprint density at radius 1 is 1.29 bits per heavy atom. The molecule has 1 aromatic carbocycles. The highest BCUT2D eigenvalue weighted by molar-refractivity contribution is 7.09. The molecule has 1 aliphatic heterocycles. The van der Waals surface area contributed by atoms with Gasteiger partial charge in [-0.3, -0.25) is 0 Å². The Balaban J connectivity index is 1.72. The quantitative estimate of drug-likeness (QED) is 0.897. The van der Waals surface area contributed by atoms with Gasteiger partial charge in [0.1, 0.15) is 5.01 Å². The van der Waals surface area contributed by atoms with Crippen LogP contribution in [-0.2, 0) is 6.42 Å². The summed E-state index contributed by atoms with van der Waals surface area (Å²) in [7, 11) is 0. The van der Waals surface area contributed by atoms with Crippen molar-refractivity contribution in [3.05, 3.63) is 52.0 Å². The third-order valence-electron chi connectivity index (χ3n) is 3.16. The molecule has 3 heteroatoms. The van der Waals surface area contributed by atoms with Crippen molar-refractivity contribution in [1.82, 2.24) is 10.3 Å². The zero-order valence-electron chi connectivity index (χ0n) is 9.73. The number of benzene rings is 1. The summed E-state index contributed by atoms with van der Waals surface area (Å²) in [6, 6.07) is 11.0. The van der Waals surface area contributed by atoms with Gasteiger partial charge in [-0.2, -0.15) is 0 Å². The molecule has 2 nitrogen and oxygen atoms in total. The van der Waals surface area contributed by atoms with Crippen molar-refractivity contribution < 1.29 is 0 Å². The van der Waals surface area contributed by atoms with Gasteiger partial charge in [-0.05, 0) is 24.9 Å². The Labute approximate surface area is 106 Å². The molecule has 0 spiro atoms. The first-order valence-electron chi connectivity index (χ1n) is 6.13. The fraction of sp³-hybridized carbons (Fsp3) is 0.357. The summed E-state index contributed by atoms with van der Waals surface area (Å²) >= 11 is 1.79. The summed E-state index contributed by atoms with van der Waals surface area (Å²) in [4.78, 5) is 4.74. The zero-order valence-corrected chi connectivity index (χ0v) is 10.5. The Hall–Kier alpha value is -1.19. The molecule has 2 aromatic rings. The predicted octanol–water partition coefficient (Wildman–Crippen LogP) is 3.16. The monoisotopic (exact) mass is 244 g/mol. The lowest BCUT2D eigenvalue weighted by atomic mass is 10.1. The second-order valence-corrected chi connectivity index (χ2v) is 5.38. The van der Waals surface area contributed by atoms with Gasteiger partial charge < -0.3 is 5.32 Å². The van der Waals surface area contributed by atoms with Crippen LogP contribution in [0.4, 0.5) is 0 Å². The standard InChI is InChI=1S/C14H16N2S/c1-2-5-11(6-3-1)9-12-10-17-14(16-12)13-7-4-8-15-13/h1-3,5-6,10,13,15H,4,7-9H2/t13-/m0/s1. The first-order chi connectivity index (χ1) is 8.42. The number of aromatic nitrogens is 1. The molecular weight excluding hydrogens is 228 g/mol. The minimum Gasteiger partial charge on any atom is -0.308 e. The molecule has 1 N–H and O–H groups in total. The van der Waals surface area contributed by atoms with E-state index in [0.717, 1.165) is 13.0 Å². The van der Waals surface area contributed by atoms with Crippen molar-refractivity contribution in [3.8, 4) is 0 Å². The van der Waals surface area contributed by atoms with Crippen LogP contribution >= 0.6 is 11.3 Å². The van der Waals surface area contributed by atoms with Crippen molar-refractivity contribution in [2.45, 2.75) is 25.3 Å². The van der Waals surface area contributed by atoms with E-state index >= 15 is 0 Å². The fourth-order valence-electron chi connectivity index (χ4n) is 2.26. The molecule has 0 radical (unpaired) electrons. The normalized spacial score (nSPS) is 19.6. The summed E-state index contributed by atoms with van der Waals surface area (Å²) in [6.45, 7) is 1.14. The lowest BCUT2D eigenvalue weighted by Gasteiger charge is -2.04. The fourth-order valence-corrected chi connectivity index (χ4v) is 3.19. The minimum absolute atomic E-state index is 0.504. The summed E-state index contributed by atoms with van der Waals surface area (Å²) in [5, 5.41) is 6.95. The maximum atomic E-state index is 4.74. The molecule has 17 heavy (non-hydrogen) atoms. The van der Waals surface area contributed by atoms with Gasteiger partial charge in [0.25, 0.3) is 0 Å². The van der Waals surface area contributed by atoms with Crippen LogP contribution in [0.25, 0.3) is 0 Å². The highest BCUT2D eigenvalue weighted by atomic mass is 32.1. The van der Waals surface area contributed by atoms with Crippen molar-refractivity contribution in [3.63, 3.8) is 0 Å². The van der Waals surface area contributed by atoms with Gasteiger partial charge in [0.15, 0.2) is 0 Å². The van der Waals surface area contributed by atoms with Gasteiger partial charge in [0, 0.05) is 11.8 Å². The third-order valence-corrected chi connectivity index (χ3v) is 4.16. The van der Waals surface area contributed by atoms with E-state index in [4.69, 9.17) is 4.98 Å². The van der Waals surface area contributed by atoms with Gasteiger partial charge in [-0.1, -0.05) is 30.3 Å². The van der Waals surface area contributed by atoms with Crippen LogP contribution in [0.1, 0.15) is 35.1 Å². The number of hydrogen-bond acceptors (Lipinski definition) is 3. The highest BCUT2D eigenvalue weighted by Crippen LogP contribution is 2.26. The first-order valence-corrected chi connectivity index (χ1v) is 7.01. The molecule has 0 saturated carbocycles. The van der Waals surface area contributed by atoms with Crippen LogP contribution in [0.2, 0.25) is 0 Å². The van der Waals surface area contributed by atoms with Gasteiger partial charge in [0.2, 0.25) is 0 Å². The van der Waals surface area contributed by atoms with E-state index in [1.165, 1.54) is 29.1 Å². The summed E-state index contributed by atoms with van der Waals surface area (Å²) in [5.41, 5.74) is 2.54. The van der Waals surface area contributed by atoms with Crippen molar-refractivity contribution in [2.75, 3.05) is 6.54 Å². The molecule has 1 aromatic heterocycles. The number of rotatable bonds is 3. The Bertz CT molecular complexity index is 472. The van der Waals surface area contributed by atoms with Crippen LogP contribution < -0.4 is 5.32 Å². The van der Waals surface area contributed by atoms with E-state index in [9.17, 15) is 0 Å². The van der Waals surface area contributed by atoms with Crippen molar-refractivity contribution in [1.29, 1.82) is 0 Å². The minimum atomic E-state index is 0.504. The van der Waals surface area contributed by atoms with Crippen LogP contribution in [-0.4, -0.2) is 11.5 Å². The highest BCUT2D eigenvalue weighted by Gasteiger charge is 2.19. The number of hydrogen-bond donors (Lipinski definition) is 1. The lowest BCUT2D eigenvalue weighted by molar-refractivity contribution is 0.641. The average molecular weight is 244 g/mol. The summed E-state index contributed by atoms with van der Waals surface area (Å²) in [5.74, 6) is 0. The largest absolute Gasteiger partial charge is 0.308 e. The number of nitrogens with zero attached hydrogens (tertiary/aromatic N) is 1. The molecule has 1 fully saturated rings. The van der Waals surface area contributed by atoms with Gasteiger partial charge in [-0.25, -0.2) is 4.98 Å². The Kier molecular flexibility index (Phi) is 3.20. The number of nitrogens with one attached hydrogen (secondary N) is 1. The first kappa shape index (κ1) is 10.9. The molecule has 2 heterocycles. The smallest absolute Gasteiger partial charge is 0.110 e. The van der Waals surface area contributed by atoms with Crippen molar-refractivity contribution >= 4 is 11.3 Å². The lowest BCUT2D eigenvalue weighted by Crippen LogP contribution is -2.12. The molecular formula is C14H16N2S. The van der Waals surface area contributed by atoms with Crippen LogP contribution in [0.3, 0.4) is 0 Å². The molecule has 0 bridgehead atoms. The Morgan fingerprint density at radius 2 is 2.18 bits per heavy atom. The van der Waals surface area contributed by atoms with E-state index in [-0.39, 0.29) is 0 Å². The molecule has 0 aliphatic carbocycles.